The molecule has 1 saturated heterocycles. The molecule has 1 atom stereocenters. The van der Waals surface area contributed by atoms with E-state index >= 15 is 0 Å². The van der Waals surface area contributed by atoms with Crippen LogP contribution in [0.15, 0.2) is 24.3 Å². The molecule has 0 bridgehead atoms. The van der Waals surface area contributed by atoms with Crippen molar-refractivity contribution in [1.29, 1.82) is 0 Å². The zero-order chi connectivity index (χ0) is 13.7. The zero-order valence-electron chi connectivity index (χ0n) is 10.8. The van der Waals surface area contributed by atoms with Gasteiger partial charge in [-0.1, -0.05) is 0 Å². The summed E-state index contributed by atoms with van der Waals surface area (Å²) in [6, 6.07) is 7.68. The van der Waals surface area contributed by atoms with Crippen LogP contribution in [0.1, 0.15) is 12.5 Å². The summed E-state index contributed by atoms with van der Waals surface area (Å²) >= 11 is 2.46. The molecule has 0 spiro atoms. The van der Waals surface area contributed by atoms with Gasteiger partial charge >= 0.3 is 122 Å². The quantitative estimate of drug-likeness (QED) is 0.763. The van der Waals surface area contributed by atoms with Crippen LogP contribution in [-0.2, 0) is 27.4 Å². The maximum absolute atomic E-state index is 12.2. The molecule has 1 aliphatic heterocycles. The van der Waals surface area contributed by atoms with Crippen LogP contribution in [0.25, 0.3) is 0 Å². The third kappa shape index (κ3) is 3.71. The molecular formula is C14H17NO3Ru+. The molecule has 0 aliphatic carbocycles. The van der Waals surface area contributed by atoms with E-state index in [0.717, 1.165) is 11.3 Å². The van der Waals surface area contributed by atoms with E-state index < -0.39 is 6.10 Å². The number of morpholine rings is 1. The van der Waals surface area contributed by atoms with Gasteiger partial charge in [0.05, 0.1) is 0 Å². The van der Waals surface area contributed by atoms with Crippen LogP contribution in [0.3, 0.4) is 0 Å². The minimum absolute atomic E-state index is 0.0167. The number of hydrogen-bond acceptors (Lipinski definition) is 3. The molecule has 0 saturated carbocycles. The molecule has 0 N–H and O–H groups in total. The van der Waals surface area contributed by atoms with Gasteiger partial charge in [-0.3, -0.25) is 0 Å². The van der Waals surface area contributed by atoms with Crippen LogP contribution in [-0.4, -0.2) is 47.8 Å². The Kier molecular flexibility index (Phi) is 5.23. The number of amides is 1. The molecule has 1 unspecified atom stereocenters. The summed E-state index contributed by atoms with van der Waals surface area (Å²) < 4.78 is 12.9. The molecule has 0 aromatic heterocycles. The van der Waals surface area contributed by atoms with E-state index in [1.54, 1.807) is 11.8 Å². The molecule has 1 fully saturated rings. The first-order chi connectivity index (χ1) is 9.22. The molecule has 0 radical (unpaired) electrons. The summed E-state index contributed by atoms with van der Waals surface area (Å²) in [5, 5.41) is 0. The Hall–Kier alpha value is -1.06. The van der Waals surface area contributed by atoms with Gasteiger partial charge in [0.15, 0.2) is 0 Å². The summed E-state index contributed by atoms with van der Waals surface area (Å²) in [5.41, 5.74) is 0.973. The summed E-state index contributed by atoms with van der Waals surface area (Å²) in [7, 11) is 0. The maximum atomic E-state index is 12.2. The second kappa shape index (κ2) is 6.92. The summed E-state index contributed by atoms with van der Waals surface area (Å²) in [5.74, 6) is 0.748. The monoisotopic (exact) mass is 349 g/mol. The van der Waals surface area contributed by atoms with Crippen molar-refractivity contribution >= 4 is 10.5 Å². The van der Waals surface area contributed by atoms with Crippen LogP contribution in [0, 0.1) is 0 Å². The summed E-state index contributed by atoms with van der Waals surface area (Å²) in [4.78, 5) is 14.0. The van der Waals surface area contributed by atoms with Crippen LogP contribution in [0.2, 0.25) is 0 Å². The van der Waals surface area contributed by atoms with Crippen molar-refractivity contribution in [2.45, 2.75) is 13.0 Å². The van der Waals surface area contributed by atoms with Crippen LogP contribution in [0.4, 0.5) is 0 Å². The number of para-hydroxylation sites is 1. The van der Waals surface area contributed by atoms with E-state index in [4.69, 9.17) is 9.47 Å². The van der Waals surface area contributed by atoms with Crippen LogP contribution >= 0.6 is 0 Å². The van der Waals surface area contributed by atoms with E-state index in [1.165, 1.54) is 0 Å². The Labute approximate surface area is 122 Å². The van der Waals surface area contributed by atoms with E-state index in [-0.39, 0.29) is 5.91 Å². The molecular weight excluding hydrogens is 331 g/mol. The fraction of sp³-hybridized carbons (Fsp3) is 0.429. The van der Waals surface area contributed by atoms with Gasteiger partial charge in [-0.15, -0.1) is 0 Å². The van der Waals surface area contributed by atoms with Gasteiger partial charge in [-0.05, 0) is 0 Å². The molecule has 19 heavy (non-hydrogen) atoms. The van der Waals surface area contributed by atoms with E-state index in [9.17, 15) is 4.79 Å². The molecule has 1 aliphatic rings. The first kappa shape index (κ1) is 14.4. The Morgan fingerprint density at radius 2 is 2.11 bits per heavy atom. The summed E-state index contributed by atoms with van der Waals surface area (Å²) in [6.07, 6.45) is -0.481. The topological polar surface area (TPSA) is 38.8 Å². The average molecular weight is 348 g/mol. The minimum atomic E-state index is -0.481. The number of nitrogens with zero attached hydrogens (tertiary/aromatic N) is 1. The SMILES string of the molecule is CC(Oc1ccccc1[CH]=[Ru+])C(=O)N1CCOCC1. The molecule has 2 rings (SSSR count). The number of carbonyl (C=O) groups is 1. The third-order valence-electron chi connectivity index (χ3n) is 3.00. The Balaban J connectivity index is 2.01. The zero-order valence-corrected chi connectivity index (χ0v) is 12.6. The van der Waals surface area contributed by atoms with Crippen molar-refractivity contribution in [3.05, 3.63) is 29.8 Å². The third-order valence-corrected chi connectivity index (χ3v) is 3.54. The Morgan fingerprint density at radius 1 is 1.42 bits per heavy atom. The Bertz CT molecular complexity index is 458. The number of hydrogen-bond donors (Lipinski definition) is 0. The van der Waals surface area contributed by atoms with Crippen molar-refractivity contribution in [1.82, 2.24) is 4.90 Å². The van der Waals surface area contributed by atoms with E-state index in [1.807, 2.05) is 28.9 Å². The van der Waals surface area contributed by atoms with Crippen molar-refractivity contribution in [2.24, 2.45) is 0 Å². The second-order valence-corrected chi connectivity index (χ2v) is 4.84. The van der Waals surface area contributed by atoms with Crippen molar-refractivity contribution < 1.29 is 32.1 Å². The van der Waals surface area contributed by atoms with Crippen LogP contribution in [0.5, 0.6) is 5.75 Å². The van der Waals surface area contributed by atoms with Crippen molar-refractivity contribution in [3.63, 3.8) is 0 Å². The molecule has 1 aromatic rings. The normalized spacial score (nSPS) is 16.8. The van der Waals surface area contributed by atoms with Crippen LogP contribution < -0.4 is 4.74 Å². The van der Waals surface area contributed by atoms with Gasteiger partial charge in [0.2, 0.25) is 0 Å². The van der Waals surface area contributed by atoms with Gasteiger partial charge < -0.3 is 0 Å². The Morgan fingerprint density at radius 3 is 2.79 bits per heavy atom. The number of carbonyl (C=O) groups excluding carboxylic acids is 1. The van der Waals surface area contributed by atoms with Gasteiger partial charge in [0.25, 0.3) is 0 Å². The molecule has 1 aromatic carbocycles. The molecule has 1 amide bonds. The number of ether oxygens (including phenoxy) is 2. The average Bonchev–Trinajstić information content (AvgIpc) is 2.48. The van der Waals surface area contributed by atoms with Gasteiger partial charge in [-0.25, -0.2) is 0 Å². The van der Waals surface area contributed by atoms with E-state index in [2.05, 4.69) is 17.9 Å². The summed E-state index contributed by atoms with van der Waals surface area (Å²) in [6.45, 7) is 4.29. The number of rotatable bonds is 4. The molecule has 5 heteroatoms. The standard InChI is InChI=1S/C14H17NO3.Ru/c1-11-5-3-4-6-13(11)18-12(2)14(16)15-7-9-17-10-8-15;/h1,3-6,12H,7-10H2,2H3;/q;+1. The molecule has 4 nitrogen and oxygen atoms in total. The fourth-order valence-corrected chi connectivity index (χ4v) is 2.37. The van der Waals surface area contributed by atoms with Gasteiger partial charge in [0, 0.05) is 0 Å². The van der Waals surface area contributed by atoms with Crippen molar-refractivity contribution in [3.8, 4) is 5.75 Å². The van der Waals surface area contributed by atoms with Crippen molar-refractivity contribution in [2.75, 3.05) is 26.3 Å². The predicted molar refractivity (Wildman–Crippen MR) is 69.1 cm³/mol. The molecule has 103 valence electrons. The second-order valence-electron chi connectivity index (χ2n) is 4.34. The molecule has 1 heterocycles. The van der Waals surface area contributed by atoms with Gasteiger partial charge in [-0.2, -0.15) is 0 Å². The predicted octanol–water partition coefficient (Wildman–Crippen LogP) is 1.01. The fourth-order valence-electron chi connectivity index (χ4n) is 1.95. The van der Waals surface area contributed by atoms with E-state index in [0.29, 0.717) is 26.3 Å². The first-order valence-corrected chi connectivity index (χ1v) is 7.27. The first-order valence-electron chi connectivity index (χ1n) is 6.26. The van der Waals surface area contributed by atoms with Gasteiger partial charge in [0.1, 0.15) is 0 Å². The number of benzene rings is 1.